The molecule has 20 heteroatoms. The Bertz CT molecular complexity index is 3080. The molecule has 6 aromatic rings. The number of hydrogen-bond donors (Lipinski definition) is 3. The predicted molar refractivity (Wildman–Crippen MR) is 302 cm³/mol. The molecule has 3 N–H and O–H groups in total. The number of hydrogen-bond acceptors (Lipinski definition) is 16. The van der Waals surface area contributed by atoms with Gasteiger partial charge in [-0.3, -0.25) is 28.9 Å². The van der Waals surface area contributed by atoms with Crippen molar-refractivity contribution < 1.29 is 71.3 Å². The van der Waals surface area contributed by atoms with Crippen LogP contribution in [0.4, 0.5) is 0 Å². The second-order valence-electron chi connectivity index (χ2n) is 19.5. The van der Waals surface area contributed by atoms with Gasteiger partial charge in [0.25, 0.3) is 11.8 Å². The summed E-state index contributed by atoms with van der Waals surface area (Å²) < 4.78 is 33.7. The normalized spacial score (nSPS) is 13.2. The third-order valence-corrected chi connectivity index (χ3v) is 13.5. The van der Waals surface area contributed by atoms with Crippen LogP contribution in [-0.4, -0.2) is 110 Å². The number of nitrogens with one attached hydrogen (secondary N) is 3. The van der Waals surface area contributed by atoms with Crippen molar-refractivity contribution in [1.29, 1.82) is 0 Å². The SMILES string of the molecule is CCCCCC(C(=O)NCNC(=O)c1ccc(-c2ccc(C(=O)NC(CC(=O)OCc3ccccc3)C(=O)OCc3ccccc3)c(OCC(=O)OCc3ccccc3)c2)o1)[C@@H](CC)N(C=O)OC(=O)c1ccc(CN2CCOCC2)cc1. The fraction of sp³-hybridized carbons (Fsp3) is 0.333. The van der Waals surface area contributed by atoms with E-state index in [-0.39, 0.29) is 61.3 Å². The Labute approximate surface area is 481 Å². The highest BCUT2D eigenvalue weighted by Crippen LogP contribution is 2.30. The lowest BCUT2D eigenvalue weighted by molar-refractivity contribution is -0.171. The zero-order valence-electron chi connectivity index (χ0n) is 46.5. The maximum atomic E-state index is 14.2. The van der Waals surface area contributed by atoms with Gasteiger partial charge in [-0.05, 0) is 71.5 Å². The summed E-state index contributed by atoms with van der Waals surface area (Å²) in [5, 5.41) is 8.84. The van der Waals surface area contributed by atoms with Crippen LogP contribution in [0.2, 0.25) is 0 Å². The first-order chi connectivity index (χ1) is 40.4. The number of amides is 4. The molecule has 2 unspecified atom stereocenters. The Morgan fingerprint density at radius 1 is 0.675 bits per heavy atom. The highest BCUT2D eigenvalue weighted by atomic mass is 16.7. The van der Waals surface area contributed by atoms with Gasteiger partial charge in [0.05, 0.1) is 49.4 Å². The van der Waals surface area contributed by atoms with Crippen LogP contribution in [0.1, 0.15) is 106 Å². The second-order valence-corrected chi connectivity index (χ2v) is 19.5. The molecule has 0 radical (unpaired) electrons. The molecule has 3 atom stereocenters. The lowest BCUT2D eigenvalue weighted by atomic mass is 9.90. The number of carbonyl (C=O) groups is 8. The van der Waals surface area contributed by atoms with Gasteiger partial charge in [0.15, 0.2) is 12.4 Å². The molecule has 4 amide bonds. The molecule has 0 spiro atoms. The van der Waals surface area contributed by atoms with Gasteiger partial charge in [0.2, 0.25) is 12.3 Å². The van der Waals surface area contributed by atoms with Crippen LogP contribution >= 0.6 is 0 Å². The summed E-state index contributed by atoms with van der Waals surface area (Å²) in [4.78, 5) is 115. The number of morpholine rings is 1. The number of esters is 3. The third-order valence-electron chi connectivity index (χ3n) is 13.5. The van der Waals surface area contributed by atoms with Crippen LogP contribution in [0, 0.1) is 5.92 Å². The van der Waals surface area contributed by atoms with Gasteiger partial charge < -0.3 is 48.9 Å². The molecular weight excluding hydrogens is 1070 g/mol. The number of rotatable bonds is 31. The Kier molecular flexibility index (Phi) is 24.0. The second kappa shape index (κ2) is 32.3. The summed E-state index contributed by atoms with van der Waals surface area (Å²) in [5.74, 6) is -6.28. The number of carbonyl (C=O) groups excluding carboxylic acids is 8. The number of nitrogens with zero attached hydrogens (tertiary/aromatic N) is 2. The first kappa shape index (κ1) is 61.5. The third kappa shape index (κ3) is 19.2. The van der Waals surface area contributed by atoms with Crippen molar-refractivity contribution in [3.05, 3.63) is 185 Å². The monoisotopic (exact) mass is 1140 g/mol. The Morgan fingerprint density at radius 2 is 1.30 bits per heavy atom. The van der Waals surface area contributed by atoms with E-state index in [9.17, 15) is 38.4 Å². The van der Waals surface area contributed by atoms with Crippen LogP contribution in [0.3, 0.4) is 0 Å². The van der Waals surface area contributed by atoms with E-state index in [2.05, 4.69) is 20.9 Å². The fourth-order valence-corrected chi connectivity index (χ4v) is 9.00. The van der Waals surface area contributed by atoms with Gasteiger partial charge in [-0.1, -0.05) is 142 Å². The molecule has 436 valence electrons. The standard InChI is InChI=1S/C63H69N5O15/c1-3-5-9-22-50(53(4-2)68(43-69)83-62(75)48-25-23-44(24-26-48)37-67-31-33-77-34-32-67)59(72)64-42-65-61(74)55-30-29-54(82-55)49-27-28-51(56(35-49)78-41-58(71)80-39-46-18-12-7-13-19-46)60(73)66-52(63(76)81-40-47-20-14-8-15-21-47)36-57(70)79-38-45-16-10-6-11-17-45/h6-8,10-21,23-30,35,43,50,52-53H,3-5,9,22,31-34,36-42H2,1-2H3,(H,64,72)(H,65,74)(H,66,73)/t50?,52?,53-/m1/s1. The summed E-state index contributed by atoms with van der Waals surface area (Å²) in [7, 11) is 0. The van der Waals surface area contributed by atoms with Crippen LogP contribution in [0.25, 0.3) is 11.3 Å². The molecule has 0 bridgehead atoms. The molecule has 83 heavy (non-hydrogen) atoms. The molecule has 0 aliphatic carbocycles. The Hall–Kier alpha value is -9.14. The van der Waals surface area contributed by atoms with Gasteiger partial charge in [-0.15, -0.1) is 0 Å². The molecule has 1 fully saturated rings. The van der Waals surface area contributed by atoms with E-state index < -0.39 is 72.6 Å². The van der Waals surface area contributed by atoms with Crippen molar-refractivity contribution in [2.24, 2.45) is 5.92 Å². The zero-order valence-corrected chi connectivity index (χ0v) is 46.5. The maximum Gasteiger partial charge on any atom is 0.363 e. The molecule has 2 heterocycles. The minimum absolute atomic E-state index is 0.0496. The van der Waals surface area contributed by atoms with Crippen molar-refractivity contribution in [1.82, 2.24) is 25.9 Å². The highest BCUT2D eigenvalue weighted by molar-refractivity contribution is 6.00. The van der Waals surface area contributed by atoms with Crippen LogP contribution in [0.5, 0.6) is 5.75 Å². The molecule has 1 aliphatic rings. The molecular formula is C63H69N5O15. The lowest BCUT2D eigenvalue weighted by Gasteiger charge is -2.31. The van der Waals surface area contributed by atoms with E-state index in [1.165, 1.54) is 30.3 Å². The van der Waals surface area contributed by atoms with E-state index in [0.29, 0.717) is 55.7 Å². The van der Waals surface area contributed by atoms with E-state index in [4.69, 9.17) is 32.9 Å². The molecule has 5 aromatic carbocycles. The topological polar surface area (TPSA) is 248 Å². The number of hydroxylamine groups is 2. The molecule has 20 nitrogen and oxygen atoms in total. The van der Waals surface area contributed by atoms with Crippen molar-refractivity contribution >= 4 is 48.0 Å². The smallest absolute Gasteiger partial charge is 0.363 e. The van der Waals surface area contributed by atoms with Gasteiger partial charge in [0, 0.05) is 25.2 Å². The van der Waals surface area contributed by atoms with E-state index in [1.54, 1.807) is 97.9 Å². The molecule has 1 aromatic heterocycles. The van der Waals surface area contributed by atoms with Crippen molar-refractivity contribution in [2.75, 3.05) is 39.6 Å². The average Bonchev–Trinajstić information content (AvgIpc) is 4.26. The summed E-state index contributed by atoms with van der Waals surface area (Å²) in [6, 6.07) is 38.4. The van der Waals surface area contributed by atoms with Gasteiger partial charge in [-0.2, -0.15) is 5.06 Å². The maximum absolute atomic E-state index is 14.2. The number of benzene rings is 5. The van der Waals surface area contributed by atoms with E-state index >= 15 is 0 Å². The highest BCUT2D eigenvalue weighted by Gasteiger charge is 2.34. The number of furan rings is 1. The van der Waals surface area contributed by atoms with E-state index in [1.807, 2.05) is 31.2 Å². The Morgan fingerprint density at radius 3 is 1.92 bits per heavy atom. The van der Waals surface area contributed by atoms with Crippen LogP contribution < -0.4 is 20.7 Å². The molecule has 7 rings (SSSR count). The summed E-state index contributed by atoms with van der Waals surface area (Å²) >= 11 is 0. The van der Waals surface area contributed by atoms with Crippen molar-refractivity contribution in [2.45, 2.75) is 90.8 Å². The number of ether oxygens (including phenoxy) is 5. The lowest BCUT2D eigenvalue weighted by Crippen LogP contribution is -2.49. The largest absolute Gasteiger partial charge is 0.481 e. The first-order valence-electron chi connectivity index (χ1n) is 27.6. The summed E-state index contributed by atoms with van der Waals surface area (Å²) in [6.07, 6.45) is 2.75. The Balaban J connectivity index is 1.02. The number of unbranched alkanes of at least 4 members (excludes halogenated alkanes) is 2. The van der Waals surface area contributed by atoms with Gasteiger partial charge in [-0.25, -0.2) is 14.4 Å². The van der Waals surface area contributed by atoms with Crippen molar-refractivity contribution in [3.63, 3.8) is 0 Å². The van der Waals surface area contributed by atoms with Crippen molar-refractivity contribution in [3.8, 4) is 17.1 Å². The van der Waals surface area contributed by atoms with E-state index in [0.717, 1.165) is 42.1 Å². The fourth-order valence-electron chi connectivity index (χ4n) is 9.00. The zero-order chi connectivity index (χ0) is 58.8. The summed E-state index contributed by atoms with van der Waals surface area (Å²) in [6.45, 7) is 6.17. The first-order valence-corrected chi connectivity index (χ1v) is 27.6. The molecule has 0 saturated carbocycles. The van der Waals surface area contributed by atoms with Crippen LogP contribution in [-0.2, 0) is 74.1 Å². The van der Waals surface area contributed by atoms with Gasteiger partial charge >= 0.3 is 23.9 Å². The van der Waals surface area contributed by atoms with Gasteiger partial charge in [0.1, 0.15) is 37.4 Å². The summed E-state index contributed by atoms with van der Waals surface area (Å²) in [5.41, 5.74) is 3.49. The quantitative estimate of drug-likeness (QED) is 0.00935. The molecule has 1 saturated heterocycles. The minimum Gasteiger partial charge on any atom is -0.481 e. The molecule has 1 aliphatic heterocycles. The minimum atomic E-state index is -1.52. The predicted octanol–water partition coefficient (Wildman–Crippen LogP) is 7.89. The average molecular weight is 1140 g/mol. The van der Waals surface area contributed by atoms with Crippen LogP contribution in [0.15, 0.2) is 150 Å².